The predicted molar refractivity (Wildman–Crippen MR) is 362 cm³/mol. The van der Waals surface area contributed by atoms with Crippen LogP contribution in [-0.4, -0.2) is 206 Å². The van der Waals surface area contributed by atoms with Gasteiger partial charge in [-0.15, -0.1) is 30.7 Å². The molecular weight excluding hydrogens is 1460 g/mol. The van der Waals surface area contributed by atoms with E-state index in [1.165, 1.54) is 37.2 Å². The second-order valence-corrected chi connectivity index (χ2v) is 30.4. The number of aromatic nitrogens is 6. The van der Waals surface area contributed by atoms with Crippen molar-refractivity contribution < 1.29 is 102 Å². The molecule has 0 spiro atoms. The third-order valence-corrected chi connectivity index (χ3v) is 22.8. The minimum atomic E-state index is -4.94. The number of aliphatic hydroxyl groups is 2. The number of piperazine rings is 1. The summed E-state index contributed by atoms with van der Waals surface area (Å²) in [4.78, 5) is 42.5. The van der Waals surface area contributed by atoms with E-state index in [0.29, 0.717) is 53.1 Å². The molecule has 0 radical (unpaired) electrons. The molecule has 552 valence electrons. The molecular formula is C71H91Cl3N14O13SZn. The Balaban J connectivity index is 0.000000247. The maximum Gasteiger partial charge on any atom is 2.00 e. The van der Waals surface area contributed by atoms with Gasteiger partial charge in [-0.2, -0.15) is 0 Å². The SMILES string of the molecule is CCN1C(=O)c2cccc3c(-c4cn(CCN5CCCNCCN(CCn6cc([C@]7(O)CC[C@H]8[C@@H]9CCc%10cc(O)ccc%10[C@H]9CC[C@@]87C)nn6)CCCNCC5)nn4)ccc(c23)C1=O.OCCN1CCN(CCCN2c3ccccc3Sc3ccc(Cl)cc32)CC1.[O-][Cl+3]([O-])([O-])[O-].[O-][Cl+3]([O-])([O-])[O-].[Zn+2]. The number of aryl methyl sites for hydroxylation is 1. The minimum Gasteiger partial charge on any atom is -0.508 e. The Labute approximate surface area is 626 Å². The number of hydrogen-bond donors (Lipinski definition) is 5. The normalized spacial score (nSPS) is 22.9. The number of anilines is 2. The number of nitrogens with zero attached hydrogens (tertiary/aromatic N) is 12. The Morgan fingerprint density at radius 2 is 1.23 bits per heavy atom. The van der Waals surface area contributed by atoms with Crippen LogP contribution in [0.15, 0.2) is 113 Å². The first-order valence-electron chi connectivity index (χ1n) is 35.2. The molecule has 2 saturated heterocycles. The molecule has 2 saturated carbocycles. The van der Waals surface area contributed by atoms with Gasteiger partial charge in [0, 0.05) is 127 Å². The van der Waals surface area contributed by atoms with Gasteiger partial charge >= 0.3 is 19.5 Å². The van der Waals surface area contributed by atoms with Crippen LogP contribution in [0.3, 0.4) is 0 Å². The third kappa shape index (κ3) is 20.1. The molecule has 32 heteroatoms. The smallest absolute Gasteiger partial charge is 0.508 e. The number of β-amino-alcohol motifs (C(OH)–C–C–N with tert-alkyl or cyclic N) is 1. The van der Waals surface area contributed by atoms with Gasteiger partial charge in [-0.3, -0.25) is 28.8 Å². The zero-order chi connectivity index (χ0) is 72.3. The van der Waals surface area contributed by atoms with Gasteiger partial charge in [0.1, 0.15) is 22.7 Å². The summed E-state index contributed by atoms with van der Waals surface area (Å²) >= 11 is 8.12. The summed E-state index contributed by atoms with van der Waals surface area (Å²) in [5.74, 6) is 1.34. The Hall–Kier alpha value is -5.42. The average Bonchev–Trinajstić information content (AvgIpc) is 1.60. The maximum absolute atomic E-state index is 13.1. The number of carbonyl (C=O) groups is 2. The van der Waals surface area contributed by atoms with Gasteiger partial charge in [0.05, 0.1) is 43.5 Å². The molecule has 27 nitrogen and oxygen atoms in total. The number of phenolic OH excluding ortho intramolecular Hbond substituents is 1. The molecule has 7 aromatic rings. The maximum atomic E-state index is 13.1. The van der Waals surface area contributed by atoms with E-state index in [0.717, 1.165) is 203 Å². The number of fused-ring (bicyclic) bond motifs is 7. The van der Waals surface area contributed by atoms with Crippen LogP contribution in [0.5, 0.6) is 5.75 Å². The molecule has 103 heavy (non-hydrogen) atoms. The van der Waals surface area contributed by atoms with Crippen LogP contribution in [0.4, 0.5) is 11.4 Å². The third-order valence-electron chi connectivity index (χ3n) is 21.4. The number of hydrogen-bond acceptors (Lipinski definition) is 25. The van der Waals surface area contributed by atoms with Crippen molar-refractivity contribution in [1.82, 2.24) is 65.1 Å². The van der Waals surface area contributed by atoms with Crippen LogP contribution in [0.25, 0.3) is 22.0 Å². The van der Waals surface area contributed by atoms with Crippen LogP contribution >= 0.6 is 23.4 Å². The fourth-order valence-electron chi connectivity index (χ4n) is 16.4. The Kier molecular flexibility index (Phi) is 28.0. The van der Waals surface area contributed by atoms with E-state index in [4.69, 9.17) is 54.0 Å². The Bertz CT molecular complexity index is 3920. The van der Waals surface area contributed by atoms with Crippen molar-refractivity contribution in [3.63, 3.8) is 0 Å². The van der Waals surface area contributed by atoms with E-state index in [1.54, 1.807) is 6.07 Å². The van der Waals surface area contributed by atoms with Crippen molar-refractivity contribution in [3.05, 3.63) is 136 Å². The Morgan fingerprint density at radius 3 is 1.90 bits per heavy atom. The quantitative estimate of drug-likeness (QED) is 0.0636. The summed E-state index contributed by atoms with van der Waals surface area (Å²) in [6.45, 7) is 22.7. The molecule has 4 fully saturated rings. The molecule has 2 aromatic heterocycles. The largest absolute Gasteiger partial charge is 2.00 e. The van der Waals surface area contributed by atoms with Crippen LogP contribution in [0.1, 0.15) is 109 Å². The first-order valence-corrected chi connectivity index (χ1v) is 38.8. The van der Waals surface area contributed by atoms with Crippen LogP contribution in [0.2, 0.25) is 5.02 Å². The van der Waals surface area contributed by atoms with E-state index < -0.39 is 26.1 Å². The number of para-hydroxylation sites is 1. The van der Waals surface area contributed by atoms with E-state index in [9.17, 15) is 19.8 Å². The van der Waals surface area contributed by atoms with Gasteiger partial charge in [-0.1, -0.05) is 77.1 Å². The first-order chi connectivity index (χ1) is 48.9. The minimum absolute atomic E-state index is 0. The summed E-state index contributed by atoms with van der Waals surface area (Å²) in [7, 11) is -9.89. The molecule has 3 aliphatic carbocycles. The van der Waals surface area contributed by atoms with E-state index in [-0.39, 0.29) is 43.3 Å². The van der Waals surface area contributed by atoms with E-state index in [2.05, 4.69) is 105 Å². The number of imide groups is 1. The summed E-state index contributed by atoms with van der Waals surface area (Å²) in [5.41, 5.74) is 7.43. The van der Waals surface area contributed by atoms with Crippen LogP contribution in [-0.2, 0) is 44.6 Å². The zero-order valence-electron chi connectivity index (χ0n) is 58.3. The monoisotopic (exact) mass is 1550 g/mol. The number of aliphatic hydroxyl groups excluding tert-OH is 1. The van der Waals surface area contributed by atoms with Crippen molar-refractivity contribution in [3.8, 4) is 17.0 Å². The summed E-state index contributed by atoms with van der Waals surface area (Å²) in [5, 5.41) is 59.7. The number of rotatable bonds is 15. The standard InChI is InChI=1S/C50H65N11O4.C21H26ClN3OS.2ClHO4.Zn/c1-3-61-47(63)41-8-4-7-40-39(13-14-42(46(40)41)48(61)64)44-32-59(55-53-44)29-27-57-23-5-19-52-22-26-58(24-6-20-51-21-25-57)28-30-60-33-45(54-56-60)50(65)18-16-43-38-11-9-34-31-35(62)10-12-36(34)37(38)15-17-49(43,50)2;22-17-6-7-21-19(16-17)25(18-4-1-2-5-20(18)27-21)9-3-8-23-10-12-24(13-11-23)14-15-26;2*2-1(3,4)5;/h4,7-8,10,12-14,31-33,37-38,43,51-52,62,65H,3,5-6,9,11,15-30H2,1-2H3;1-2,4-7,16,26H,3,8-15H2;2*(H,2,3,4,5);/q;;;;+2/p-2/t37-,38-,43+,49+,50-;;;;/m1..../s1. The fourth-order valence-corrected chi connectivity index (χ4v) is 17.6. The molecule has 7 aliphatic rings. The average molecular weight is 1550 g/mol. The topological polar surface area (TPSA) is 384 Å². The summed E-state index contributed by atoms with van der Waals surface area (Å²) < 4.78 is 71.8. The van der Waals surface area contributed by atoms with E-state index in [1.807, 2.05) is 82.9 Å². The molecule has 14 rings (SSSR count). The van der Waals surface area contributed by atoms with Gasteiger partial charge in [0.15, 0.2) is 0 Å². The van der Waals surface area contributed by atoms with Crippen molar-refractivity contribution >= 4 is 57.3 Å². The van der Waals surface area contributed by atoms with Gasteiger partial charge in [-0.05, 0) is 186 Å². The number of aromatic hydroxyl groups is 1. The molecule has 2 amide bonds. The second kappa shape index (κ2) is 36.0. The fraction of sp³-hybridized carbons (Fsp3) is 0.521. The van der Waals surface area contributed by atoms with Gasteiger partial charge in [0.25, 0.3) is 11.8 Å². The van der Waals surface area contributed by atoms with Crippen molar-refractivity contribution in [2.45, 2.75) is 106 Å². The number of benzene rings is 5. The van der Waals surface area contributed by atoms with Crippen LogP contribution in [0, 0.1) is 37.7 Å². The molecule has 4 aliphatic heterocycles. The summed E-state index contributed by atoms with van der Waals surface area (Å²) in [6, 6.07) is 30.2. The molecule has 6 heterocycles. The van der Waals surface area contributed by atoms with E-state index >= 15 is 0 Å². The van der Waals surface area contributed by atoms with Gasteiger partial charge in [0.2, 0.25) is 0 Å². The number of amides is 2. The van der Waals surface area contributed by atoms with Crippen molar-refractivity contribution in [2.24, 2.45) is 17.3 Å². The number of phenols is 1. The molecule has 0 unspecified atom stereocenters. The van der Waals surface area contributed by atoms with Crippen LogP contribution < -0.4 is 52.8 Å². The summed E-state index contributed by atoms with van der Waals surface area (Å²) in [6.07, 6.45) is 13.1. The molecule has 5 aromatic carbocycles. The number of carbonyl (C=O) groups excluding carboxylic acids is 2. The Morgan fingerprint density at radius 1 is 0.621 bits per heavy atom. The van der Waals surface area contributed by atoms with Gasteiger partial charge < -0.3 is 45.6 Å². The van der Waals surface area contributed by atoms with Crippen molar-refractivity contribution in [2.75, 3.05) is 129 Å². The molecule has 5 atom stereocenters. The predicted octanol–water partition coefficient (Wildman–Crippen LogP) is -0.539. The zero-order valence-corrected chi connectivity index (χ0v) is 64.4. The number of nitrogens with one attached hydrogen (secondary N) is 2. The van der Waals surface area contributed by atoms with Gasteiger partial charge in [-0.25, -0.2) is 37.3 Å². The molecule has 0 bridgehead atoms. The second-order valence-electron chi connectivity index (χ2n) is 27.4. The molecule has 5 N–H and O–H groups in total. The number of halogens is 3. The first kappa shape index (κ1) is 80.1. The van der Waals surface area contributed by atoms with Crippen molar-refractivity contribution in [1.29, 1.82) is 0 Å².